The van der Waals surface area contributed by atoms with Crippen LogP contribution >= 0.6 is 0 Å². The molecule has 3 heterocycles. The van der Waals surface area contributed by atoms with Gasteiger partial charge in [0.15, 0.2) is 11.5 Å². The first-order valence-corrected chi connectivity index (χ1v) is 12.5. The molecule has 0 radical (unpaired) electrons. The minimum Gasteiger partial charge on any atom is -0.507 e. The Labute approximate surface area is 229 Å². The molecule has 0 unspecified atom stereocenters. The van der Waals surface area contributed by atoms with Crippen molar-refractivity contribution in [2.45, 2.75) is 13.8 Å². The molecule has 0 fully saturated rings. The van der Waals surface area contributed by atoms with Crippen LogP contribution in [0.1, 0.15) is 16.7 Å². The van der Waals surface area contributed by atoms with E-state index < -0.39 is 0 Å². The fourth-order valence-electron chi connectivity index (χ4n) is 4.55. The number of para-hydroxylation sites is 2. The molecular weight excluding hydrogens is 506 g/mol. The molecule has 1 aliphatic rings. The summed E-state index contributed by atoms with van der Waals surface area (Å²) in [6.45, 7) is 4.01. The minimum absolute atomic E-state index is 0.0930. The molecule has 6 rings (SSSR count). The number of hydrogen-bond donors (Lipinski definition) is 3. The van der Waals surface area contributed by atoms with E-state index in [1.165, 1.54) is 5.01 Å². The number of H-pyrrole nitrogens is 1. The predicted octanol–water partition coefficient (Wildman–Crippen LogP) is 4.41. The van der Waals surface area contributed by atoms with E-state index in [1.54, 1.807) is 18.2 Å². The van der Waals surface area contributed by atoms with Crippen LogP contribution in [0.4, 0.5) is 11.4 Å². The first-order valence-electron chi connectivity index (χ1n) is 12.5. The maximum Gasteiger partial charge on any atom is 0.301 e. The quantitative estimate of drug-likeness (QED) is 0.278. The van der Waals surface area contributed by atoms with Crippen LogP contribution in [-0.4, -0.2) is 47.6 Å². The van der Waals surface area contributed by atoms with Crippen LogP contribution < -0.4 is 10.4 Å². The van der Waals surface area contributed by atoms with E-state index in [2.05, 4.69) is 31.2 Å². The highest BCUT2D eigenvalue weighted by atomic mass is 16.3. The fraction of sp³-hybridized carbons (Fsp3) is 0.103. The van der Waals surface area contributed by atoms with Gasteiger partial charge in [0.1, 0.15) is 11.5 Å². The Hall–Kier alpha value is -5.58. The van der Waals surface area contributed by atoms with Gasteiger partial charge in [0.25, 0.3) is 0 Å². The molecule has 0 saturated heterocycles. The number of aryl methyl sites for hydroxylation is 3. The number of benzene rings is 3. The number of anilines is 2. The Morgan fingerprint density at radius 1 is 0.950 bits per heavy atom. The molecule has 3 N–H and O–H groups in total. The van der Waals surface area contributed by atoms with E-state index in [-0.39, 0.29) is 17.4 Å². The van der Waals surface area contributed by atoms with Gasteiger partial charge in [-0.3, -0.25) is 10.2 Å². The van der Waals surface area contributed by atoms with Crippen LogP contribution in [0.2, 0.25) is 0 Å². The first-order chi connectivity index (χ1) is 19.4. The molecule has 0 saturated carbocycles. The second kappa shape index (κ2) is 9.95. The van der Waals surface area contributed by atoms with E-state index in [4.69, 9.17) is 5.10 Å². The van der Waals surface area contributed by atoms with Gasteiger partial charge in [-0.15, -0.1) is 5.10 Å². The zero-order valence-electron chi connectivity index (χ0n) is 22.0. The Morgan fingerprint density at radius 2 is 1.75 bits per heavy atom. The highest BCUT2D eigenvalue weighted by Gasteiger charge is 2.35. The summed E-state index contributed by atoms with van der Waals surface area (Å²) in [5.41, 5.74) is 9.54. The van der Waals surface area contributed by atoms with Crippen LogP contribution in [0.3, 0.4) is 0 Å². The van der Waals surface area contributed by atoms with Crippen LogP contribution in [0.25, 0.3) is 22.5 Å². The maximum absolute atomic E-state index is 13.8. The molecule has 11 nitrogen and oxygen atoms in total. The van der Waals surface area contributed by atoms with Gasteiger partial charge in [-0.05, 0) is 65.7 Å². The third-order valence-electron chi connectivity index (χ3n) is 6.80. The zero-order chi connectivity index (χ0) is 27.8. The van der Waals surface area contributed by atoms with Crippen LogP contribution in [0, 0.1) is 13.8 Å². The summed E-state index contributed by atoms with van der Waals surface area (Å²) in [4.78, 5) is 13.8. The highest BCUT2D eigenvalue weighted by molar-refractivity contribution is 6.74. The van der Waals surface area contributed by atoms with Crippen molar-refractivity contribution >= 4 is 28.7 Å². The third-order valence-corrected chi connectivity index (χ3v) is 6.80. The molecular formula is C29H25N9O2. The normalized spacial score (nSPS) is 14.2. The largest absolute Gasteiger partial charge is 0.507 e. The number of carbonyl (C=O) groups is 1. The van der Waals surface area contributed by atoms with E-state index >= 15 is 0 Å². The van der Waals surface area contributed by atoms with Crippen molar-refractivity contribution in [3.05, 3.63) is 95.8 Å². The summed E-state index contributed by atoms with van der Waals surface area (Å²) in [6.07, 6.45) is 3.77. The fourth-order valence-corrected chi connectivity index (χ4v) is 4.55. The maximum atomic E-state index is 13.8. The average molecular weight is 532 g/mol. The van der Waals surface area contributed by atoms with Crippen LogP contribution in [0.5, 0.6) is 5.75 Å². The van der Waals surface area contributed by atoms with Crippen molar-refractivity contribution < 1.29 is 9.90 Å². The zero-order valence-corrected chi connectivity index (χ0v) is 22.0. The number of rotatable bonds is 6. The second-order valence-electron chi connectivity index (χ2n) is 9.47. The second-order valence-corrected chi connectivity index (χ2v) is 9.47. The standard InChI is InChI=1S/C29H25N9O2/c1-17-11-12-20(15-18(17)2)38-29(40)27(25(34-38)19-13-14-37(3)16-19)31-30-26-22(21-7-4-5-10-24(21)39)8-6-9-23(26)28-32-35-36-33-28/h4-16,30,39H,1-3H3,(H,32,33,35,36). The Morgan fingerprint density at radius 3 is 2.48 bits per heavy atom. The lowest BCUT2D eigenvalue weighted by Crippen LogP contribution is -2.28. The average Bonchev–Trinajstić information content (AvgIpc) is 3.70. The summed E-state index contributed by atoms with van der Waals surface area (Å²) in [5.74, 6) is 0.111. The van der Waals surface area contributed by atoms with Gasteiger partial charge in [0, 0.05) is 41.7 Å². The molecule has 40 heavy (non-hydrogen) atoms. The lowest BCUT2D eigenvalue weighted by Gasteiger charge is -2.15. The predicted molar refractivity (Wildman–Crippen MR) is 153 cm³/mol. The number of nitrogens with one attached hydrogen (secondary N) is 2. The molecule has 0 aliphatic carbocycles. The van der Waals surface area contributed by atoms with Crippen molar-refractivity contribution in [1.82, 2.24) is 25.2 Å². The first kappa shape index (κ1) is 24.7. The molecule has 2 aromatic heterocycles. The van der Waals surface area contributed by atoms with Crippen molar-refractivity contribution in [3.8, 4) is 28.3 Å². The third kappa shape index (κ3) is 4.39. The number of nitrogens with zero attached hydrogens (tertiary/aromatic N) is 7. The van der Waals surface area contributed by atoms with E-state index in [0.29, 0.717) is 39.6 Å². The molecule has 3 aromatic carbocycles. The van der Waals surface area contributed by atoms with Gasteiger partial charge in [0.2, 0.25) is 0 Å². The summed E-state index contributed by atoms with van der Waals surface area (Å²) >= 11 is 0. The molecule has 198 valence electrons. The van der Waals surface area contributed by atoms with Crippen molar-refractivity contribution in [2.24, 2.45) is 17.3 Å². The van der Waals surface area contributed by atoms with Crippen molar-refractivity contribution in [2.75, 3.05) is 10.4 Å². The number of aromatic hydroxyl groups is 1. The molecule has 0 bridgehead atoms. The monoisotopic (exact) mass is 531 g/mol. The summed E-state index contributed by atoms with van der Waals surface area (Å²) < 4.78 is 1.88. The van der Waals surface area contributed by atoms with Gasteiger partial charge < -0.3 is 9.67 Å². The summed E-state index contributed by atoms with van der Waals surface area (Å²) in [6, 6.07) is 20.1. The van der Waals surface area contributed by atoms with Crippen LogP contribution in [-0.2, 0) is 11.8 Å². The number of carbonyl (C=O) groups excluding carboxylic acids is 1. The lowest BCUT2D eigenvalue weighted by atomic mass is 9.99. The Kier molecular flexibility index (Phi) is 6.15. The Balaban J connectivity index is 1.48. The van der Waals surface area contributed by atoms with Gasteiger partial charge in [-0.2, -0.15) is 15.2 Å². The molecule has 5 aromatic rings. The van der Waals surface area contributed by atoms with E-state index in [0.717, 1.165) is 16.7 Å². The topological polar surface area (TPSA) is 137 Å². The molecule has 1 amide bonds. The smallest absolute Gasteiger partial charge is 0.301 e. The number of phenols is 1. The lowest BCUT2D eigenvalue weighted by molar-refractivity contribution is -0.112. The summed E-state index contributed by atoms with van der Waals surface area (Å²) in [5, 5.41) is 35.6. The Bertz CT molecular complexity index is 1800. The number of hydrogen-bond acceptors (Lipinski definition) is 8. The minimum atomic E-state index is -0.377. The van der Waals surface area contributed by atoms with Gasteiger partial charge in [-0.1, -0.05) is 36.4 Å². The SMILES string of the molecule is Cc1ccc(N2N=C(c3ccn(C)c3)C(=NNc3c(-c4nnn[nH]4)cccc3-c3ccccc3O)C2=O)cc1C. The highest BCUT2D eigenvalue weighted by Crippen LogP contribution is 2.39. The number of amides is 1. The number of tetrazole rings is 1. The van der Waals surface area contributed by atoms with Gasteiger partial charge in [-0.25, -0.2) is 5.10 Å². The summed E-state index contributed by atoms with van der Waals surface area (Å²) in [7, 11) is 1.90. The molecule has 0 atom stereocenters. The number of aromatic nitrogens is 5. The number of phenolic OH excluding ortho intramolecular Hbond substituents is 1. The van der Waals surface area contributed by atoms with Crippen molar-refractivity contribution in [1.29, 1.82) is 0 Å². The van der Waals surface area contributed by atoms with E-state index in [9.17, 15) is 9.90 Å². The number of hydrazone groups is 2. The molecule has 0 spiro atoms. The molecule has 11 heteroatoms. The molecule has 1 aliphatic heterocycles. The van der Waals surface area contributed by atoms with Gasteiger partial charge in [0.05, 0.1) is 11.4 Å². The van der Waals surface area contributed by atoms with Gasteiger partial charge >= 0.3 is 5.91 Å². The van der Waals surface area contributed by atoms with Crippen molar-refractivity contribution in [3.63, 3.8) is 0 Å². The number of aromatic amines is 1. The van der Waals surface area contributed by atoms with E-state index in [1.807, 2.05) is 86.4 Å². The van der Waals surface area contributed by atoms with Crippen LogP contribution in [0.15, 0.2) is 89.3 Å².